The molecule has 0 fully saturated rings. The first-order valence-electron chi connectivity index (χ1n) is 19.7. The van der Waals surface area contributed by atoms with Gasteiger partial charge in [0.15, 0.2) is 0 Å². The molecule has 1 heterocycles. The fraction of sp³-hybridized carbons (Fsp3) is 0.326. The maximum Gasteiger partial charge on any atom is 0.414 e. The second kappa shape index (κ2) is 17.7. The van der Waals surface area contributed by atoms with Gasteiger partial charge in [-0.05, 0) is 84.5 Å². The Morgan fingerprint density at radius 2 is 1.55 bits per heavy atom. The average molecular weight is 804 g/mol. The second-order valence-electron chi connectivity index (χ2n) is 15.8. The highest BCUT2D eigenvalue weighted by Gasteiger charge is 2.37. The first-order valence-corrected chi connectivity index (χ1v) is 20.2. The van der Waals surface area contributed by atoms with Crippen molar-refractivity contribution in [2.75, 3.05) is 42.3 Å². The summed E-state index contributed by atoms with van der Waals surface area (Å²) >= 11 is 6.44. The van der Waals surface area contributed by atoms with Crippen LogP contribution >= 0.6 is 11.6 Å². The van der Waals surface area contributed by atoms with E-state index >= 15 is 0 Å². The number of primary amides is 1. The Bertz CT molecular complexity index is 2230. The molecule has 1 aliphatic heterocycles. The Kier molecular flexibility index (Phi) is 12.3. The summed E-state index contributed by atoms with van der Waals surface area (Å²) in [5.41, 5.74) is 12.8. The summed E-state index contributed by atoms with van der Waals surface area (Å²) in [5, 5.41) is 11.0. The van der Waals surface area contributed by atoms with Crippen LogP contribution in [0.4, 0.5) is 25.8 Å². The molecule has 58 heavy (non-hydrogen) atoms. The zero-order valence-electron chi connectivity index (χ0n) is 33.1. The van der Waals surface area contributed by atoms with Crippen LogP contribution in [0.25, 0.3) is 21.9 Å². The summed E-state index contributed by atoms with van der Waals surface area (Å²) in [6, 6.07) is 33.4. The lowest BCUT2D eigenvalue weighted by Crippen LogP contribution is -2.41. The van der Waals surface area contributed by atoms with Crippen molar-refractivity contribution in [2.24, 2.45) is 5.73 Å². The molecule has 0 bridgehead atoms. The number of nitrogens with zero attached hydrogens (tertiary/aromatic N) is 1. The number of alkyl carbamates (subject to hydrolysis) is 1. The summed E-state index contributed by atoms with van der Waals surface area (Å²) in [4.78, 5) is 39.4. The number of hydrogen-bond donors (Lipinski definition) is 4. The number of nitrogens with two attached hydrogens (primary N) is 1. The normalized spacial score (nSPS) is 14.9. The lowest BCUT2D eigenvalue weighted by molar-refractivity contribution is 0.0582. The number of halogens is 1. The quantitative estimate of drug-likeness (QED) is 0.0647. The van der Waals surface area contributed by atoms with Gasteiger partial charge in [-0.1, -0.05) is 84.9 Å². The molecule has 0 spiro atoms. The highest BCUT2D eigenvalue weighted by Crippen LogP contribution is 2.47. The monoisotopic (exact) mass is 803 g/mol. The Morgan fingerprint density at radius 3 is 2.21 bits per heavy atom. The van der Waals surface area contributed by atoms with Crippen LogP contribution in [0.5, 0.6) is 5.75 Å². The van der Waals surface area contributed by atoms with E-state index in [4.69, 9.17) is 31.5 Å². The number of nitrogens with one attached hydrogen (secondary N) is 3. The van der Waals surface area contributed by atoms with Gasteiger partial charge in [0.2, 0.25) is 0 Å². The highest BCUT2D eigenvalue weighted by molar-refractivity contribution is 6.19. The van der Waals surface area contributed by atoms with Crippen LogP contribution in [-0.4, -0.2) is 62.0 Å². The summed E-state index contributed by atoms with van der Waals surface area (Å²) in [6.07, 6.45) is 0.267. The molecular formula is C46H50ClN5O6. The van der Waals surface area contributed by atoms with Crippen LogP contribution in [0.1, 0.15) is 67.7 Å². The van der Waals surface area contributed by atoms with E-state index < -0.39 is 23.8 Å². The standard InChI is InChI=1S/C46H50ClN5O6/c1-46(2,3)58-45(55)52-26-30(24-47)42-38-17-9-8-16-37(38)41(23-40(42)52)56-27-29-18-20-31(21-19-29)50-25-32(11-10-22-49-43(48)53)51-44(54)57-28-39-35-14-6-4-12-33(35)34-13-5-7-15-36(34)39/h4-9,12-21,23,30,32,39,50H,10-11,22,24-28H2,1-3H3,(H,51,54)(H3,48,49,53)/t30?,32-/m1/s1. The van der Waals surface area contributed by atoms with Crippen molar-refractivity contribution < 1.29 is 28.6 Å². The fourth-order valence-corrected chi connectivity index (χ4v) is 8.11. The minimum atomic E-state index is -0.642. The van der Waals surface area contributed by atoms with Gasteiger partial charge in [-0.15, -0.1) is 11.6 Å². The third kappa shape index (κ3) is 9.26. The Balaban J connectivity index is 0.986. The molecule has 302 valence electrons. The smallest absolute Gasteiger partial charge is 0.414 e. The first-order chi connectivity index (χ1) is 28.0. The fourth-order valence-electron chi connectivity index (χ4n) is 7.86. The lowest BCUT2D eigenvalue weighted by Gasteiger charge is -2.25. The van der Waals surface area contributed by atoms with Gasteiger partial charge in [-0.2, -0.15) is 0 Å². The van der Waals surface area contributed by atoms with Gasteiger partial charge in [-0.25, -0.2) is 14.4 Å². The van der Waals surface area contributed by atoms with Gasteiger partial charge in [0.05, 0.1) is 5.69 Å². The number of rotatable bonds is 14. The van der Waals surface area contributed by atoms with E-state index in [0.29, 0.717) is 50.7 Å². The van der Waals surface area contributed by atoms with Gasteiger partial charge in [-0.3, -0.25) is 4.90 Å². The molecule has 5 aromatic carbocycles. The van der Waals surface area contributed by atoms with E-state index in [0.717, 1.165) is 55.5 Å². The number of ether oxygens (including phenoxy) is 3. The Labute approximate surface area is 344 Å². The molecule has 5 N–H and O–H groups in total. The molecule has 2 aliphatic rings. The van der Waals surface area contributed by atoms with E-state index in [-0.39, 0.29) is 24.5 Å². The Hall–Kier alpha value is -5.94. The molecule has 1 aliphatic carbocycles. The van der Waals surface area contributed by atoms with Crippen LogP contribution in [0.2, 0.25) is 0 Å². The molecule has 0 aromatic heterocycles. The number of amides is 4. The zero-order valence-corrected chi connectivity index (χ0v) is 33.8. The van der Waals surface area contributed by atoms with E-state index in [1.54, 1.807) is 4.90 Å². The number of fused-ring (bicyclic) bond motifs is 6. The van der Waals surface area contributed by atoms with Gasteiger partial charge in [0.25, 0.3) is 0 Å². The van der Waals surface area contributed by atoms with Crippen LogP contribution in [0.3, 0.4) is 0 Å². The van der Waals surface area contributed by atoms with Crippen LogP contribution in [0.15, 0.2) is 103 Å². The Morgan fingerprint density at radius 1 is 0.897 bits per heavy atom. The van der Waals surface area contributed by atoms with Crippen molar-refractivity contribution in [1.29, 1.82) is 0 Å². The molecule has 1 unspecified atom stereocenters. The van der Waals surface area contributed by atoms with E-state index in [2.05, 4.69) is 40.2 Å². The third-order valence-corrected chi connectivity index (χ3v) is 10.9. The summed E-state index contributed by atoms with van der Waals surface area (Å²) < 4.78 is 18.0. The topological polar surface area (TPSA) is 144 Å². The largest absolute Gasteiger partial charge is 0.488 e. The predicted molar refractivity (Wildman–Crippen MR) is 229 cm³/mol. The SMILES string of the molecule is CC(C)(C)OC(=O)N1CC(CCl)c2c1cc(OCc1ccc(NC[C@@H](CCCNC(N)=O)NC(=O)OCC3c4ccccc4-c4ccccc43)cc1)c1ccccc21. The van der Waals surface area contributed by atoms with Crippen LogP contribution in [0, 0.1) is 0 Å². The van der Waals surface area contributed by atoms with Crippen molar-refractivity contribution in [3.8, 4) is 16.9 Å². The molecule has 2 atom stereocenters. The van der Waals surface area contributed by atoms with Crippen molar-refractivity contribution in [3.05, 3.63) is 125 Å². The van der Waals surface area contributed by atoms with Gasteiger partial charge < -0.3 is 35.9 Å². The van der Waals surface area contributed by atoms with E-state index in [1.165, 1.54) is 0 Å². The number of carbonyl (C=O) groups excluding carboxylic acids is 3. The van der Waals surface area contributed by atoms with Gasteiger partial charge in [0, 0.05) is 60.5 Å². The molecule has 0 saturated heterocycles. The lowest BCUT2D eigenvalue weighted by atomic mass is 9.95. The van der Waals surface area contributed by atoms with Crippen molar-refractivity contribution in [2.45, 2.75) is 63.7 Å². The predicted octanol–water partition coefficient (Wildman–Crippen LogP) is 9.26. The molecular weight excluding hydrogens is 754 g/mol. The summed E-state index contributed by atoms with van der Waals surface area (Å²) in [6.45, 7) is 7.32. The van der Waals surface area contributed by atoms with E-state index in [9.17, 15) is 14.4 Å². The molecule has 0 radical (unpaired) electrons. The zero-order chi connectivity index (χ0) is 40.8. The molecule has 4 amide bonds. The third-order valence-electron chi connectivity index (χ3n) is 10.5. The summed E-state index contributed by atoms with van der Waals surface area (Å²) in [7, 11) is 0. The molecule has 11 nitrogen and oxygen atoms in total. The second-order valence-corrected chi connectivity index (χ2v) is 16.1. The first kappa shape index (κ1) is 40.3. The minimum Gasteiger partial charge on any atom is -0.488 e. The van der Waals surface area contributed by atoms with Gasteiger partial charge >= 0.3 is 18.2 Å². The van der Waals surface area contributed by atoms with Crippen molar-refractivity contribution in [1.82, 2.24) is 10.6 Å². The number of benzene rings is 5. The average Bonchev–Trinajstić information content (AvgIpc) is 3.75. The maximum atomic E-state index is 13.3. The van der Waals surface area contributed by atoms with Crippen LogP contribution < -0.4 is 31.3 Å². The van der Waals surface area contributed by atoms with Crippen molar-refractivity contribution >= 4 is 52.0 Å². The van der Waals surface area contributed by atoms with Gasteiger partial charge in [0.1, 0.15) is 24.6 Å². The maximum absolute atomic E-state index is 13.3. The highest BCUT2D eigenvalue weighted by atomic mass is 35.5. The molecule has 5 aromatic rings. The molecule has 0 saturated carbocycles. The number of urea groups is 1. The molecule has 7 rings (SSSR count). The van der Waals surface area contributed by atoms with Crippen molar-refractivity contribution in [3.63, 3.8) is 0 Å². The van der Waals surface area contributed by atoms with Crippen LogP contribution in [-0.2, 0) is 16.1 Å². The number of hydrogen-bond acceptors (Lipinski definition) is 7. The number of carbonyl (C=O) groups is 3. The van der Waals surface area contributed by atoms with E-state index in [1.807, 2.05) is 99.6 Å². The number of anilines is 2. The summed E-state index contributed by atoms with van der Waals surface area (Å²) in [5.74, 6) is 0.945. The molecule has 12 heteroatoms. The number of alkyl halides is 1. The minimum absolute atomic E-state index is 0.0382.